The van der Waals surface area contributed by atoms with Gasteiger partial charge in [-0.3, -0.25) is 9.20 Å². The molecule has 0 radical (unpaired) electrons. The van der Waals surface area contributed by atoms with E-state index in [0.29, 0.717) is 38.5 Å². The molecular weight excluding hydrogens is 386 g/mol. The summed E-state index contributed by atoms with van der Waals surface area (Å²) in [6.07, 6.45) is -0.311. The van der Waals surface area contributed by atoms with Gasteiger partial charge in [0.2, 0.25) is 10.9 Å². The van der Waals surface area contributed by atoms with E-state index in [-0.39, 0.29) is 12.0 Å². The zero-order valence-corrected chi connectivity index (χ0v) is 16.5. The maximum atomic E-state index is 12.5. The van der Waals surface area contributed by atoms with Gasteiger partial charge >= 0.3 is 6.09 Å². The number of ether oxygens (including phenoxy) is 1. The maximum absolute atomic E-state index is 12.5. The number of para-hydroxylation sites is 1. The fourth-order valence-electron chi connectivity index (χ4n) is 3.02. The van der Waals surface area contributed by atoms with Gasteiger partial charge in [0.05, 0.1) is 22.6 Å². The molecule has 0 bridgehead atoms. The van der Waals surface area contributed by atoms with Crippen molar-refractivity contribution in [3.8, 4) is 0 Å². The Morgan fingerprint density at radius 1 is 1.15 bits per heavy atom. The lowest BCUT2D eigenvalue weighted by molar-refractivity contribution is -0.129. The maximum Gasteiger partial charge on any atom is 0.409 e. The van der Waals surface area contributed by atoms with Crippen molar-refractivity contribution in [1.29, 1.82) is 0 Å². The van der Waals surface area contributed by atoms with E-state index in [0.717, 1.165) is 20.3 Å². The number of thiazole rings is 1. The summed E-state index contributed by atoms with van der Waals surface area (Å²) in [4.78, 5) is 28.5. The largest absolute Gasteiger partial charge is 0.450 e. The Bertz CT molecular complexity index is 977. The van der Waals surface area contributed by atoms with Crippen LogP contribution in [0.5, 0.6) is 0 Å². The second-order valence-corrected chi connectivity index (χ2v) is 7.98. The van der Waals surface area contributed by atoms with Crippen molar-refractivity contribution in [2.45, 2.75) is 12.1 Å². The lowest BCUT2D eigenvalue weighted by Crippen LogP contribution is -2.51. The van der Waals surface area contributed by atoms with Crippen LogP contribution in [0.3, 0.4) is 0 Å². The first-order valence-corrected chi connectivity index (χ1v) is 10.5. The molecule has 8 nitrogen and oxygen atoms in total. The number of carbonyl (C=O) groups is 2. The van der Waals surface area contributed by atoms with Crippen molar-refractivity contribution in [2.24, 2.45) is 0 Å². The average Bonchev–Trinajstić information content (AvgIpc) is 3.25. The summed E-state index contributed by atoms with van der Waals surface area (Å²) >= 11 is 2.98. The van der Waals surface area contributed by atoms with Gasteiger partial charge in [0.25, 0.3) is 0 Å². The molecule has 2 amide bonds. The summed E-state index contributed by atoms with van der Waals surface area (Å²) in [5.41, 5.74) is 1.06. The molecule has 4 rings (SSSR count). The Hall–Kier alpha value is -2.33. The molecule has 142 valence electrons. The number of thioether (sulfide) groups is 1. The van der Waals surface area contributed by atoms with Gasteiger partial charge in [-0.05, 0) is 19.1 Å². The van der Waals surface area contributed by atoms with E-state index in [1.54, 1.807) is 28.1 Å². The molecule has 3 heterocycles. The number of hydrogen-bond acceptors (Lipinski definition) is 7. The van der Waals surface area contributed by atoms with Gasteiger partial charge < -0.3 is 14.5 Å². The highest BCUT2D eigenvalue weighted by atomic mass is 32.2. The highest BCUT2D eigenvalue weighted by Gasteiger charge is 2.25. The second kappa shape index (κ2) is 7.73. The van der Waals surface area contributed by atoms with Crippen LogP contribution in [0.4, 0.5) is 4.79 Å². The van der Waals surface area contributed by atoms with Gasteiger partial charge in [0.1, 0.15) is 0 Å². The Morgan fingerprint density at radius 3 is 2.67 bits per heavy atom. The van der Waals surface area contributed by atoms with E-state index in [1.165, 1.54) is 11.8 Å². The number of amides is 2. The summed E-state index contributed by atoms with van der Waals surface area (Å²) in [6.45, 7) is 4.19. The minimum absolute atomic E-state index is 0.0415. The minimum Gasteiger partial charge on any atom is -0.450 e. The third-order valence-electron chi connectivity index (χ3n) is 4.39. The van der Waals surface area contributed by atoms with Crippen LogP contribution in [0, 0.1) is 0 Å². The standard InChI is InChI=1S/C17H19N5O3S2/c1-2-25-17(24)21-9-7-20(8-10-21)14(23)11-26-15-18-19-16-22(15)12-5-3-4-6-13(12)27-16/h3-6H,2,7-11H2,1H3. The highest BCUT2D eigenvalue weighted by Crippen LogP contribution is 2.29. The van der Waals surface area contributed by atoms with E-state index in [4.69, 9.17) is 4.74 Å². The lowest BCUT2D eigenvalue weighted by atomic mass is 10.3. The smallest absolute Gasteiger partial charge is 0.409 e. The SMILES string of the molecule is CCOC(=O)N1CCN(C(=O)CSc2nnc3sc4ccccc4n23)CC1. The molecule has 1 aromatic carbocycles. The van der Waals surface area contributed by atoms with Crippen LogP contribution in [0.15, 0.2) is 29.4 Å². The Morgan fingerprint density at radius 2 is 1.89 bits per heavy atom. The molecule has 0 N–H and O–H groups in total. The van der Waals surface area contributed by atoms with E-state index >= 15 is 0 Å². The highest BCUT2D eigenvalue weighted by molar-refractivity contribution is 7.99. The van der Waals surface area contributed by atoms with Gasteiger partial charge in [-0.25, -0.2) is 4.79 Å². The van der Waals surface area contributed by atoms with Crippen LogP contribution in [0.1, 0.15) is 6.92 Å². The summed E-state index contributed by atoms with van der Waals surface area (Å²) in [7, 11) is 0. The fourth-order valence-corrected chi connectivity index (χ4v) is 4.89. The minimum atomic E-state index is -0.311. The van der Waals surface area contributed by atoms with Gasteiger partial charge in [0.15, 0.2) is 5.16 Å². The van der Waals surface area contributed by atoms with E-state index in [1.807, 2.05) is 22.6 Å². The van der Waals surface area contributed by atoms with Crippen LogP contribution in [0.25, 0.3) is 15.2 Å². The van der Waals surface area contributed by atoms with E-state index in [2.05, 4.69) is 16.3 Å². The van der Waals surface area contributed by atoms with Crippen molar-refractivity contribution in [3.05, 3.63) is 24.3 Å². The Labute approximate surface area is 164 Å². The molecule has 0 unspecified atom stereocenters. The zero-order chi connectivity index (χ0) is 18.8. The number of aromatic nitrogens is 3. The van der Waals surface area contributed by atoms with E-state index in [9.17, 15) is 9.59 Å². The third kappa shape index (κ3) is 3.59. The van der Waals surface area contributed by atoms with Gasteiger partial charge in [0, 0.05) is 26.2 Å². The molecule has 0 atom stereocenters. The summed E-state index contributed by atoms with van der Waals surface area (Å²) in [5.74, 6) is 0.337. The van der Waals surface area contributed by atoms with Crippen LogP contribution in [0.2, 0.25) is 0 Å². The number of rotatable bonds is 4. The summed E-state index contributed by atoms with van der Waals surface area (Å²) < 4.78 is 8.15. The molecule has 10 heteroatoms. The number of fused-ring (bicyclic) bond motifs is 3. The van der Waals surface area contributed by atoms with Gasteiger partial charge in [-0.1, -0.05) is 35.2 Å². The van der Waals surface area contributed by atoms with Crippen LogP contribution in [-0.4, -0.2) is 74.9 Å². The number of carbonyl (C=O) groups excluding carboxylic acids is 2. The Balaban J connectivity index is 1.37. The van der Waals surface area contributed by atoms with Crippen LogP contribution in [-0.2, 0) is 9.53 Å². The molecule has 2 aromatic heterocycles. The molecule has 1 aliphatic rings. The van der Waals surface area contributed by atoms with Crippen molar-refractivity contribution in [1.82, 2.24) is 24.4 Å². The number of nitrogens with zero attached hydrogens (tertiary/aromatic N) is 5. The van der Waals surface area contributed by atoms with Crippen molar-refractivity contribution < 1.29 is 14.3 Å². The molecule has 27 heavy (non-hydrogen) atoms. The molecule has 1 saturated heterocycles. The van der Waals surface area contributed by atoms with Gasteiger partial charge in [-0.15, -0.1) is 10.2 Å². The molecule has 3 aromatic rings. The first-order chi connectivity index (χ1) is 13.2. The molecule has 0 aliphatic carbocycles. The molecule has 0 spiro atoms. The van der Waals surface area contributed by atoms with Crippen molar-refractivity contribution in [3.63, 3.8) is 0 Å². The monoisotopic (exact) mass is 405 g/mol. The van der Waals surface area contributed by atoms with Crippen LogP contribution < -0.4 is 0 Å². The third-order valence-corrected chi connectivity index (χ3v) is 6.32. The summed E-state index contributed by atoms with van der Waals surface area (Å²) in [5, 5.41) is 9.17. The number of benzene rings is 1. The van der Waals surface area contributed by atoms with Gasteiger partial charge in [-0.2, -0.15) is 0 Å². The number of piperazine rings is 1. The number of hydrogen-bond donors (Lipinski definition) is 0. The first-order valence-electron chi connectivity index (χ1n) is 8.72. The topological polar surface area (TPSA) is 80.0 Å². The normalized spacial score (nSPS) is 14.9. The summed E-state index contributed by atoms with van der Waals surface area (Å²) in [6, 6.07) is 8.06. The quantitative estimate of drug-likeness (QED) is 0.620. The molecule has 1 aliphatic heterocycles. The second-order valence-electron chi connectivity index (χ2n) is 6.03. The molecular formula is C17H19N5O3S2. The van der Waals surface area contributed by atoms with Crippen LogP contribution >= 0.6 is 23.1 Å². The Kier molecular flexibility index (Phi) is 5.17. The molecule has 0 saturated carbocycles. The average molecular weight is 406 g/mol. The fraction of sp³-hybridized carbons (Fsp3) is 0.412. The molecule has 1 fully saturated rings. The van der Waals surface area contributed by atoms with Crippen molar-refractivity contribution >= 4 is 50.3 Å². The first kappa shape index (κ1) is 18.1. The van der Waals surface area contributed by atoms with E-state index < -0.39 is 0 Å². The lowest BCUT2D eigenvalue weighted by Gasteiger charge is -2.33. The zero-order valence-electron chi connectivity index (χ0n) is 14.8. The predicted molar refractivity (Wildman–Crippen MR) is 104 cm³/mol. The van der Waals surface area contributed by atoms with Crippen molar-refractivity contribution in [2.75, 3.05) is 38.5 Å². The predicted octanol–water partition coefficient (Wildman–Crippen LogP) is 2.34.